The summed E-state index contributed by atoms with van der Waals surface area (Å²) < 4.78 is 0. The number of aliphatic hydroxyl groups is 4. The molecule has 144 valence electrons. The van der Waals surface area contributed by atoms with Gasteiger partial charge < -0.3 is 20.4 Å². The van der Waals surface area contributed by atoms with Crippen LogP contribution in [0.4, 0.5) is 0 Å². The Hall–Kier alpha value is -1.15. The number of Topliss-reactive ketones (excluding diaryl/α,β-unsaturated/α-hetero) is 3. The van der Waals surface area contributed by atoms with Crippen LogP contribution in [0.2, 0.25) is 0 Å². The van der Waals surface area contributed by atoms with Crippen molar-refractivity contribution in [1.82, 2.24) is 0 Å². The second kappa shape index (κ2) is 15.4. The summed E-state index contributed by atoms with van der Waals surface area (Å²) in [5.41, 5.74) is 0. The van der Waals surface area contributed by atoms with Crippen LogP contribution in [0.15, 0.2) is 0 Å². The minimum atomic E-state index is -0.715. The fourth-order valence-electron chi connectivity index (χ4n) is 1.48. The summed E-state index contributed by atoms with van der Waals surface area (Å²) in [7, 11) is 1.00. The zero-order valence-electron chi connectivity index (χ0n) is 15.8. The van der Waals surface area contributed by atoms with Crippen LogP contribution >= 0.6 is 0 Å². The van der Waals surface area contributed by atoms with E-state index in [0.29, 0.717) is 0 Å². The van der Waals surface area contributed by atoms with E-state index in [1.165, 1.54) is 13.8 Å². The quantitative estimate of drug-likeness (QED) is 0.469. The highest BCUT2D eigenvalue weighted by atomic mass is 16.3. The van der Waals surface area contributed by atoms with Crippen LogP contribution in [0, 0.1) is 11.8 Å². The molecule has 0 spiro atoms. The van der Waals surface area contributed by atoms with Crippen LogP contribution in [0.25, 0.3) is 0 Å². The maximum Gasteiger partial charge on any atom is 0.145 e. The molecule has 0 aliphatic rings. The molecular weight excluding hydrogens is 316 g/mol. The average Bonchev–Trinajstić information content (AvgIpc) is 2.46. The minimum Gasteiger partial charge on any atom is -0.400 e. The first kappa shape index (κ1) is 27.7. The van der Waals surface area contributed by atoms with Crippen molar-refractivity contribution in [3.05, 3.63) is 0 Å². The van der Waals surface area contributed by atoms with Crippen molar-refractivity contribution in [3.8, 4) is 0 Å². The van der Waals surface area contributed by atoms with E-state index in [-0.39, 0.29) is 36.1 Å². The molecule has 24 heavy (non-hydrogen) atoms. The van der Waals surface area contributed by atoms with E-state index in [4.69, 9.17) is 15.3 Å². The normalized spacial score (nSPS) is 16.1. The third-order valence-electron chi connectivity index (χ3n) is 3.52. The van der Waals surface area contributed by atoms with Crippen molar-refractivity contribution in [2.45, 2.75) is 72.7 Å². The molecule has 3 unspecified atom stereocenters. The summed E-state index contributed by atoms with van der Waals surface area (Å²) in [4.78, 5) is 32.0. The van der Waals surface area contributed by atoms with E-state index in [0.717, 1.165) is 7.11 Å². The molecular formula is C17H34O7. The fourth-order valence-corrected chi connectivity index (χ4v) is 1.48. The number of ketones is 3. The van der Waals surface area contributed by atoms with Gasteiger partial charge in [0.1, 0.15) is 17.3 Å². The lowest BCUT2D eigenvalue weighted by Crippen LogP contribution is -2.28. The Morgan fingerprint density at radius 2 is 1.21 bits per heavy atom. The number of aliphatic hydroxyl groups excluding tert-OH is 4. The Kier molecular flexibility index (Phi) is 17.7. The van der Waals surface area contributed by atoms with E-state index in [2.05, 4.69) is 0 Å². The lowest BCUT2D eigenvalue weighted by atomic mass is 9.96. The van der Waals surface area contributed by atoms with Gasteiger partial charge >= 0.3 is 0 Å². The van der Waals surface area contributed by atoms with Crippen molar-refractivity contribution in [2.75, 3.05) is 7.11 Å². The van der Waals surface area contributed by atoms with Crippen LogP contribution in [-0.4, -0.2) is 63.2 Å². The molecule has 5 atom stereocenters. The number of hydrogen-bond acceptors (Lipinski definition) is 7. The molecule has 0 saturated carbocycles. The summed E-state index contributed by atoms with van der Waals surface area (Å²) in [6.45, 7) is 9.29. The zero-order valence-corrected chi connectivity index (χ0v) is 15.8. The second-order valence-corrected chi connectivity index (χ2v) is 5.95. The third-order valence-corrected chi connectivity index (χ3v) is 3.52. The van der Waals surface area contributed by atoms with Crippen molar-refractivity contribution in [3.63, 3.8) is 0 Å². The molecule has 0 rings (SSSR count). The Labute approximate surface area is 144 Å². The van der Waals surface area contributed by atoms with Crippen molar-refractivity contribution in [2.24, 2.45) is 11.8 Å². The van der Waals surface area contributed by atoms with Gasteiger partial charge in [-0.2, -0.15) is 0 Å². The summed E-state index contributed by atoms with van der Waals surface area (Å²) >= 11 is 0. The average molecular weight is 350 g/mol. The van der Waals surface area contributed by atoms with Crippen molar-refractivity contribution >= 4 is 17.3 Å². The standard InChI is InChI=1S/C8H16O3.C8H14O3.CH4O/c2*1-5(9)4-8(11)6(2)7(3)10;1-2/h6-8,10-11H,4H2,1-3H3;6-7,10H,4H2,1-3H3;2H,1H3/t6?,7-,8+;;/m1../s1. The van der Waals surface area contributed by atoms with Gasteiger partial charge in [0.15, 0.2) is 0 Å². The van der Waals surface area contributed by atoms with E-state index in [9.17, 15) is 19.5 Å². The van der Waals surface area contributed by atoms with Crippen molar-refractivity contribution in [1.29, 1.82) is 0 Å². The highest BCUT2D eigenvalue weighted by Crippen LogP contribution is 2.11. The maximum absolute atomic E-state index is 11.0. The first-order valence-corrected chi connectivity index (χ1v) is 7.90. The smallest absolute Gasteiger partial charge is 0.145 e. The van der Waals surface area contributed by atoms with E-state index < -0.39 is 24.2 Å². The lowest BCUT2D eigenvalue weighted by Gasteiger charge is -2.19. The van der Waals surface area contributed by atoms with Crippen molar-refractivity contribution < 1.29 is 34.8 Å². The summed E-state index contributed by atoms with van der Waals surface area (Å²) in [6.07, 6.45) is -1.88. The molecule has 0 aliphatic carbocycles. The van der Waals surface area contributed by atoms with Gasteiger partial charge in [0, 0.05) is 25.4 Å². The first-order chi connectivity index (χ1) is 10.9. The minimum absolute atomic E-state index is 0.0509. The highest BCUT2D eigenvalue weighted by molar-refractivity contribution is 5.99. The molecule has 0 aromatic carbocycles. The molecule has 0 aromatic rings. The summed E-state index contributed by atoms with van der Waals surface area (Å²) in [5.74, 6) is -1.06. The molecule has 0 aromatic heterocycles. The number of rotatable bonds is 8. The largest absolute Gasteiger partial charge is 0.400 e. The maximum atomic E-state index is 11.0. The second-order valence-electron chi connectivity index (χ2n) is 5.95. The molecule has 0 heterocycles. The molecule has 7 heteroatoms. The molecule has 0 amide bonds. The third kappa shape index (κ3) is 15.7. The number of carbonyl (C=O) groups is 3. The highest BCUT2D eigenvalue weighted by Gasteiger charge is 2.20. The lowest BCUT2D eigenvalue weighted by molar-refractivity contribution is -0.130. The Bertz CT molecular complexity index is 364. The SMILES string of the molecule is CC(=O)CC(=O)C(C)C(C)O.CC(=O)C[C@H](O)C(C)[C@@H](C)O.CO. The molecule has 0 aliphatic heterocycles. The molecule has 0 fully saturated rings. The van der Waals surface area contributed by atoms with Gasteiger partial charge in [-0.1, -0.05) is 13.8 Å². The van der Waals surface area contributed by atoms with Crippen LogP contribution in [0.1, 0.15) is 54.4 Å². The van der Waals surface area contributed by atoms with Gasteiger partial charge in [-0.05, 0) is 27.7 Å². The van der Waals surface area contributed by atoms with E-state index in [1.54, 1.807) is 27.7 Å². The predicted molar refractivity (Wildman–Crippen MR) is 91.4 cm³/mol. The van der Waals surface area contributed by atoms with Gasteiger partial charge in [-0.15, -0.1) is 0 Å². The summed E-state index contributed by atoms with van der Waals surface area (Å²) in [6, 6.07) is 0. The molecule has 4 N–H and O–H groups in total. The molecule has 0 saturated heterocycles. The van der Waals surface area contributed by atoms with Gasteiger partial charge in [0.25, 0.3) is 0 Å². The van der Waals surface area contributed by atoms with Gasteiger partial charge in [-0.25, -0.2) is 0 Å². The predicted octanol–water partition coefficient (Wildman–Crippen LogP) is 0.503. The van der Waals surface area contributed by atoms with Crippen LogP contribution < -0.4 is 0 Å². The summed E-state index contributed by atoms with van der Waals surface area (Å²) in [5, 5.41) is 34.3. The Morgan fingerprint density at radius 3 is 1.46 bits per heavy atom. The molecule has 0 radical (unpaired) electrons. The monoisotopic (exact) mass is 350 g/mol. The van der Waals surface area contributed by atoms with Gasteiger partial charge in [0.05, 0.1) is 24.7 Å². The van der Waals surface area contributed by atoms with Gasteiger partial charge in [-0.3, -0.25) is 14.4 Å². The number of hydrogen-bond donors (Lipinski definition) is 4. The van der Waals surface area contributed by atoms with Crippen LogP contribution in [-0.2, 0) is 14.4 Å². The molecule has 7 nitrogen and oxygen atoms in total. The number of carbonyl (C=O) groups excluding carboxylic acids is 3. The zero-order chi connectivity index (χ0) is 20.0. The van der Waals surface area contributed by atoms with E-state index >= 15 is 0 Å². The topological polar surface area (TPSA) is 132 Å². The van der Waals surface area contributed by atoms with Crippen LogP contribution in [0.3, 0.4) is 0 Å². The Morgan fingerprint density at radius 1 is 0.792 bits per heavy atom. The van der Waals surface area contributed by atoms with E-state index in [1.807, 2.05) is 0 Å². The van der Waals surface area contributed by atoms with Crippen LogP contribution in [0.5, 0.6) is 0 Å². The first-order valence-electron chi connectivity index (χ1n) is 7.90. The Balaban J connectivity index is -0.000000333. The fraction of sp³-hybridized carbons (Fsp3) is 0.824. The van der Waals surface area contributed by atoms with Gasteiger partial charge in [0.2, 0.25) is 0 Å². The molecule has 0 bridgehead atoms.